The third-order valence-corrected chi connectivity index (χ3v) is 11.4. The first-order chi connectivity index (χ1) is 28.3. The average molecular weight is 851 g/mol. The van der Waals surface area contributed by atoms with Crippen LogP contribution in [0.2, 0.25) is 0 Å². The van der Waals surface area contributed by atoms with Gasteiger partial charge in [-0.2, -0.15) is 5.26 Å². The average Bonchev–Trinajstić information content (AvgIpc) is 3.19. The van der Waals surface area contributed by atoms with Crippen LogP contribution in [0, 0.1) is 38.0 Å². The minimum atomic E-state index is -3.10. The van der Waals surface area contributed by atoms with Gasteiger partial charge in [0.05, 0.1) is 34.8 Å². The molecule has 0 radical (unpaired) electrons. The van der Waals surface area contributed by atoms with E-state index in [1.165, 1.54) is 12.1 Å². The summed E-state index contributed by atoms with van der Waals surface area (Å²) in [5.74, 6) is -3.15. The van der Waals surface area contributed by atoms with Crippen LogP contribution in [0.5, 0.6) is 5.75 Å². The Balaban J connectivity index is 0.000000338. The van der Waals surface area contributed by atoms with Crippen molar-refractivity contribution < 1.29 is 51.9 Å². The Morgan fingerprint density at radius 3 is 2.48 bits per heavy atom. The molecular formula is C46H57F2LiN6O5S-2. The number of nitrogens with one attached hydrogen (secondary N) is 3. The molecule has 0 spiro atoms. The molecule has 2 saturated heterocycles. The summed E-state index contributed by atoms with van der Waals surface area (Å²) in [6.07, 6.45) is 2.52. The van der Waals surface area contributed by atoms with E-state index < -0.39 is 23.6 Å². The number of carbonyl (C=O) groups excluding carboxylic acids is 3. The molecule has 324 valence electrons. The van der Waals surface area contributed by atoms with Crippen molar-refractivity contribution in [2.45, 2.75) is 103 Å². The maximum absolute atomic E-state index is 14.0. The summed E-state index contributed by atoms with van der Waals surface area (Å²) in [6, 6.07) is 19.0. The van der Waals surface area contributed by atoms with Crippen LogP contribution in [-0.2, 0) is 33.1 Å². The Morgan fingerprint density at radius 1 is 1.16 bits per heavy atom. The van der Waals surface area contributed by atoms with Gasteiger partial charge >= 0.3 is 18.9 Å². The number of aliphatic hydroxyl groups excluding tert-OH is 1. The van der Waals surface area contributed by atoms with Crippen molar-refractivity contribution in [2.24, 2.45) is 5.92 Å². The molecule has 11 nitrogen and oxygen atoms in total. The number of amides is 3. The van der Waals surface area contributed by atoms with Crippen molar-refractivity contribution in [3.8, 4) is 11.8 Å². The number of anilines is 3. The molecular weight excluding hydrogens is 794 g/mol. The van der Waals surface area contributed by atoms with Gasteiger partial charge in [-0.3, -0.25) is 19.7 Å². The van der Waals surface area contributed by atoms with E-state index in [-0.39, 0.29) is 66.2 Å². The zero-order valence-electron chi connectivity index (χ0n) is 36.2. The number of piperidine rings is 2. The van der Waals surface area contributed by atoms with E-state index in [1.807, 2.05) is 54.8 Å². The summed E-state index contributed by atoms with van der Waals surface area (Å²) in [4.78, 5) is 39.7. The number of thiocarbonyl (C=S) groups is 1. The van der Waals surface area contributed by atoms with Crippen molar-refractivity contribution in [1.29, 1.82) is 5.26 Å². The summed E-state index contributed by atoms with van der Waals surface area (Å²) in [7, 11) is 0. The van der Waals surface area contributed by atoms with E-state index in [9.17, 15) is 33.5 Å². The first-order valence-corrected chi connectivity index (χ1v) is 20.6. The molecule has 3 aromatic rings. The molecule has 5 rings (SSSR count). The number of halogens is 2. The normalized spacial score (nSPS) is 19.1. The number of ether oxygens (including phenoxy) is 1. The quantitative estimate of drug-likeness (QED) is 0.0743. The van der Waals surface area contributed by atoms with Crippen molar-refractivity contribution in [1.82, 2.24) is 10.2 Å². The maximum atomic E-state index is 14.0. The fourth-order valence-electron chi connectivity index (χ4n) is 7.32. The van der Waals surface area contributed by atoms with Crippen molar-refractivity contribution >= 4 is 52.0 Å². The summed E-state index contributed by atoms with van der Waals surface area (Å²) in [6.45, 7) is 21.2. The number of benzene rings is 3. The van der Waals surface area contributed by atoms with Crippen molar-refractivity contribution in [2.75, 3.05) is 35.2 Å². The zero-order chi connectivity index (χ0) is 44.4. The minimum absolute atomic E-state index is 0. The van der Waals surface area contributed by atoms with E-state index in [4.69, 9.17) is 17.0 Å². The summed E-state index contributed by atoms with van der Waals surface area (Å²) in [5.41, 5.74) is 3.08. The standard InChI is InChI=1S/C28H33F2N2O2S.C18H24N4O3.Li/c1-6-19-15-22(12-13-24(19)34-7-2)32-26(35)20(16-25(33)27(32,3)4)10-8-18-9-11-21(17-31)23(14-18)28(5,29)30;1-4-22(12(2)3)11-17(24)20-14-7-5-6-13(10-14)19-15-8-9-16(23)21-18(15)25;/h9,11-15,20,25,33H,2,6-8,10,16H2,1,3-5H3;5-7,10,12,15,19H,1-2,4,8-9,11H2,3H3,(H,20,24)(H,21,23,25);/q-1;-2;+1/t;12-,15?;/m.0./s1. The number of nitrogens with zero attached hydrogens (tertiary/aromatic N) is 3. The third kappa shape index (κ3) is 13.6. The Kier molecular flexibility index (Phi) is 18.9. The van der Waals surface area contributed by atoms with Gasteiger partial charge in [-0.1, -0.05) is 38.2 Å². The number of carbonyl (C=O) groups is 3. The molecule has 3 aromatic carbocycles. The number of hydrogen-bond donors (Lipinski definition) is 4. The summed E-state index contributed by atoms with van der Waals surface area (Å²) in [5, 5.41) is 28.5. The van der Waals surface area contributed by atoms with Crippen LogP contribution >= 0.6 is 12.2 Å². The fourth-order valence-corrected chi connectivity index (χ4v) is 7.87. The molecule has 2 aliphatic heterocycles. The van der Waals surface area contributed by atoms with Gasteiger partial charge in [0.25, 0.3) is 5.92 Å². The van der Waals surface area contributed by atoms with Crippen LogP contribution in [0.25, 0.3) is 0 Å². The van der Waals surface area contributed by atoms with Gasteiger partial charge in [0.1, 0.15) is 11.8 Å². The van der Waals surface area contributed by atoms with Gasteiger partial charge in [0.15, 0.2) is 0 Å². The number of imide groups is 1. The van der Waals surface area contributed by atoms with Crippen molar-refractivity contribution in [3.05, 3.63) is 104 Å². The summed E-state index contributed by atoms with van der Waals surface area (Å²) < 4.78 is 33.7. The number of alkyl halides is 2. The second kappa shape index (κ2) is 22.6. The van der Waals surface area contributed by atoms with Crippen LogP contribution in [0.15, 0.2) is 60.7 Å². The van der Waals surface area contributed by atoms with Crippen LogP contribution in [0.1, 0.15) is 82.6 Å². The van der Waals surface area contributed by atoms with E-state index in [2.05, 4.69) is 43.6 Å². The number of aryl methyl sites for hydroxylation is 2. The monoisotopic (exact) mass is 850 g/mol. The third-order valence-electron chi connectivity index (χ3n) is 10.9. The predicted molar refractivity (Wildman–Crippen MR) is 236 cm³/mol. The number of rotatable bonds is 15. The number of aliphatic hydroxyl groups is 1. The van der Waals surface area contributed by atoms with Gasteiger partial charge in [-0.05, 0) is 112 Å². The largest absolute Gasteiger partial charge is 1.00 e. The van der Waals surface area contributed by atoms with Crippen LogP contribution < -0.4 is 44.4 Å². The molecule has 2 fully saturated rings. The minimum Gasteiger partial charge on any atom is -0.525 e. The smallest absolute Gasteiger partial charge is 0.525 e. The van der Waals surface area contributed by atoms with E-state index >= 15 is 0 Å². The molecule has 0 aromatic heterocycles. The molecule has 2 aliphatic rings. The Morgan fingerprint density at radius 2 is 1.87 bits per heavy atom. The molecule has 3 unspecified atom stereocenters. The van der Waals surface area contributed by atoms with Gasteiger partial charge in [-0.25, -0.2) is 8.78 Å². The van der Waals surface area contributed by atoms with Crippen LogP contribution in [0.3, 0.4) is 0 Å². The second-order valence-corrected chi connectivity index (χ2v) is 16.2. The molecule has 3 amide bonds. The first-order valence-electron chi connectivity index (χ1n) is 20.2. The molecule has 2 heterocycles. The Bertz CT molecular complexity index is 2050. The number of hydrogen-bond acceptors (Lipinski definition) is 9. The molecule has 0 saturated carbocycles. The van der Waals surface area contributed by atoms with Gasteiger partial charge in [-0.15, -0.1) is 12.6 Å². The molecule has 4 N–H and O–H groups in total. The molecule has 0 aliphatic carbocycles. The van der Waals surface area contributed by atoms with Crippen LogP contribution in [0.4, 0.5) is 25.8 Å². The Hall–Kier alpha value is -4.37. The van der Waals surface area contributed by atoms with E-state index in [0.717, 1.165) is 40.9 Å². The topological polar surface area (TPSA) is 147 Å². The van der Waals surface area contributed by atoms with E-state index in [0.29, 0.717) is 56.6 Å². The fraction of sp³-hybridized carbons (Fsp3) is 0.435. The van der Waals surface area contributed by atoms with Crippen molar-refractivity contribution in [3.63, 3.8) is 0 Å². The van der Waals surface area contributed by atoms with E-state index in [1.54, 1.807) is 30.3 Å². The zero-order valence-corrected chi connectivity index (χ0v) is 37.0. The predicted octanol–water partition coefficient (Wildman–Crippen LogP) is 4.58. The molecule has 15 heteroatoms. The molecule has 0 bridgehead atoms. The van der Waals surface area contributed by atoms with Gasteiger partial charge in [0, 0.05) is 41.9 Å². The number of nitriles is 1. The SMILES string of the molecule is [CH2-]CN(CC(=O)Nc1cccc(NC2CCC(=O)NC2=O)c1)[C@@H]([CH2-])C.[CH2-]COc1ccc(N2C(=S)C(CCc3ccc(C#N)c(C(C)(F)F)c3)CC(O)C2(C)C)cc1CC.[Li+]. The maximum Gasteiger partial charge on any atom is 1.00 e. The first kappa shape index (κ1) is 51.0. The molecule has 4 atom stereocenters. The Labute approximate surface area is 377 Å². The van der Waals surface area contributed by atoms with Crippen LogP contribution in [-0.4, -0.2) is 76.1 Å². The second-order valence-electron chi connectivity index (χ2n) is 15.8. The molecule has 61 heavy (non-hydrogen) atoms. The van der Waals surface area contributed by atoms with Gasteiger partial charge < -0.3 is 51.0 Å². The van der Waals surface area contributed by atoms with Gasteiger partial charge in [0.2, 0.25) is 17.7 Å². The summed E-state index contributed by atoms with van der Waals surface area (Å²) >= 11 is 5.95.